The van der Waals surface area contributed by atoms with Crippen molar-refractivity contribution in [1.82, 2.24) is 10.2 Å². The zero-order valence-corrected chi connectivity index (χ0v) is 13.4. The molecule has 18 heavy (non-hydrogen) atoms. The van der Waals surface area contributed by atoms with Crippen LogP contribution in [0.2, 0.25) is 0 Å². The summed E-state index contributed by atoms with van der Waals surface area (Å²) in [5.41, 5.74) is 1.00. The lowest BCUT2D eigenvalue weighted by Crippen LogP contribution is -2.44. The highest BCUT2D eigenvalue weighted by molar-refractivity contribution is 9.10. The van der Waals surface area contributed by atoms with E-state index in [0.717, 1.165) is 36.2 Å². The summed E-state index contributed by atoms with van der Waals surface area (Å²) in [5, 5.41) is 13.3. The van der Waals surface area contributed by atoms with Gasteiger partial charge in [-0.3, -0.25) is 4.90 Å². The van der Waals surface area contributed by atoms with Crippen LogP contribution in [0.5, 0.6) is 5.75 Å². The lowest BCUT2D eigenvalue weighted by atomic mass is 10.1. The number of hydrogen-bond donors (Lipinski definition) is 2. The Kier molecular flexibility index (Phi) is 8.23. The standard InChI is InChI=1S/C12H17BrN2O.2ClH/c1-9(15-6-4-14-5-7-15)11-3-2-10(13)8-12(11)16;;/h2-3,8-9,14,16H,4-7H2,1H3;2*1H/t9-;;/m0../s1. The van der Waals surface area contributed by atoms with Crippen molar-refractivity contribution >= 4 is 40.7 Å². The molecule has 1 heterocycles. The van der Waals surface area contributed by atoms with Crippen molar-refractivity contribution in [2.45, 2.75) is 13.0 Å². The van der Waals surface area contributed by atoms with Crippen molar-refractivity contribution in [2.24, 2.45) is 0 Å². The van der Waals surface area contributed by atoms with E-state index in [1.165, 1.54) is 0 Å². The molecule has 0 bridgehead atoms. The average Bonchev–Trinajstić information content (AvgIpc) is 2.29. The summed E-state index contributed by atoms with van der Waals surface area (Å²) in [7, 11) is 0. The maximum absolute atomic E-state index is 9.92. The maximum Gasteiger partial charge on any atom is 0.121 e. The van der Waals surface area contributed by atoms with Gasteiger partial charge >= 0.3 is 0 Å². The molecule has 0 aromatic heterocycles. The minimum atomic E-state index is 0. The number of aromatic hydroxyl groups is 1. The Hall–Kier alpha value is -0.000000000000000111. The monoisotopic (exact) mass is 356 g/mol. The van der Waals surface area contributed by atoms with Crippen LogP contribution < -0.4 is 5.32 Å². The zero-order valence-electron chi connectivity index (χ0n) is 10.2. The summed E-state index contributed by atoms with van der Waals surface area (Å²) in [6, 6.07) is 6.00. The van der Waals surface area contributed by atoms with Gasteiger partial charge in [0.25, 0.3) is 0 Å². The number of benzene rings is 1. The molecule has 2 rings (SSSR count). The number of halogens is 3. The molecule has 6 heteroatoms. The van der Waals surface area contributed by atoms with Crippen molar-refractivity contribution in [2.75, 3.05) is 26.2 Å². The first-order chi connectivity index (χ1) is 7.68. The summed E-state index contributed by atoms with van der Waals surface area (Å²) in [6.45, 7) is 6.28. The summed E-state index contributed by atoms with van der Waals surface area (Å²) < 4.78 is 0.918. The molecule has 104 valence electrons. The minimum Gasteiger partial charge on any atom is -0.508 e. The third kappa shape index (κ3) is 4.28. The van der Waals surface area contributed by atoms with E-state index in [1.807, 2.05) is 12.1 Å². The number of nitrogens with zero attached hydrogens (tertiary/aromatic N) is 1. The van der Waals surface area contributed by atoms with Crippen LogP contribution >= 0.6 is 40.7 Å². The van der Waals surface area contributed by atoms with Crippen LogP contribution in [0, 0.1) is 0 Å². The molecule has 1 atom stereocenters. The van der Waals surface area contributed by atoms with E-state index < -0.39 is 0 Å². The molecule has 0 saturated carbocycles. The second-order valence-electron chi connectivity index (χ2n) is 4.17. The molecule has 0 radical (unpaired) electrons. The highest BCUT2D eigenvalue weighted by Gasteiger charge is 2.20. The van der Waals surface area contributed by atoms with E-state index >= 15 is 0 Å². The van der Waals surface area contributed by atoms with E-state index in [1.54, 1.807) is 6.07 Å². The summed E-state index contributed by atoms with van der Waals surface area (Å²) >= 11 is 3.36. The predicted molar refractivity (Wildman–Crippen MR) is 83.2 cm³/mol. The Morgan fingerprint density at radius 1 is 1.28 bits per heavy atom. The van der Waals surface area contributed by atoms with Crippen molar-refractivity contribution < 1.29 is 5.11 Å². The van der Waals surface area contributed by atoms with Gasteiger partial charge in [0.15, 0.2) is 0 Å². The predicted octanol–water partition coefficient (Wildman–Crippen LogP) is 2.96. The van der Waals surface area contributed by atoms with Gasteiger partial charge in [0, 0.05) is 42.3 Å². The second-order valence-corrected chi connectivity index (χ2v) is 5.08. The zero-order chi connectivity index (χ0) is 11.5. The largest absolute Gasteiger partial charge is 0.508 e. The molecule has 0 amide bonds. The molecule has 1 fully saturated rings. The number of phenolic OH excluding ortho intramolecular Hbond substituents is 1. The molecule has 1 aliphatic rings. The molecule has 0 unspecified atom stereocenters. The molecule has 0 aliphatic carbocycles. The van der Waals surface area contributed by atoms with Crippen molar-refractivity contribution in [1.29, 1.82) is 0 Å². The average molecular weight is 358 g/mol. The van der Waals surface area contributed by atoms with E-state index in [2.05, 4.69) is 33.1 Å². The van der Waals surface area contributed by atoms with E-state index in [0.29, 0.717) is 5.75 Å². The summed E-state index contributed by atoms with van der Waals surface area (Å²) in [5.74, 6) is 0.375. The Balaban J connectivity index is 0.00000144. The van der Waals surface area contributed by atoms with Crippen LogP contribution in [0.15, 0.2) is 22.7 Å². The molecule has 1 aromatic rings. The number of nitrogens with one attached hydrogen (secondary N) is 1. The quantitative estimate of drug-likeness (QED) is 0.854. The van der Waals surface area contributed by atoms with Crippen LogP contribution in [0.3, 0.4) is 0 Å². The number of piperazine rings is 1. The Bertz CT molecular complexity index is 373. The molecule has 0 spiro atoms. The van der Waals surface area contributed by atoms with Gasteiger partial charge in [0.1, 0.15) is 5.75 Å². The lowest BCUT2D eigenvalue weighted by molar-refractivity contribution is 0.183. The van der Waals surface area contributed by atoms with Gasteiger partial charge in [-0.1, -0.05) is 22.0 Å². The molecular weight excluding hydrogens is 339 g/mol. The Morgan fingerprint density at radius 2 is 1.89 bits per heavy atom. The number of hydrogen-bond acceptors (Lipinski definition) is 3. The van der Waals surface area contributed by atoms with Crippen LogP contribution in [-0.2, 0) is 0 Å². The molecule has 3 nitrogen and oxygen atoms in total. The maximum atomic E-state index is 9.92. The van der Waals surface area contributed by atoms with Gasteiger partial charge in [-0.15, -0.1) is 24.8 Å². The third-order valence-corrected chi connectivity index (χ3v) is 3.64. The highest BCUT2D eigenvalue weighted by atomic mass is 79.9. The molecule has 1 saturated heterocycles. The van der Waals surface area contributed by atoms with E-state index in [-0.39, 0.29) is 30.9 Å². The van der Waals surface area contributed by atoms with E-state index in [4.69, 9.17) is 0 Å². The Morgan fingerprint density at radius 3 is 2.44 bits per heavy atom. The van der Waals surface area contributed by atoms with Crippen LogP contribution in [0.25, 0.3) is 0 Å². The normalized spacial score (nSPS) is 17.4. The van der Waals surface area contributed by atoms with Crippen molar-refractivity contribution in [3.63, 3.8) is 0 Å². The van der Waals surface area contributed by atoms with Gasteiger partial charge in [-0.25, -0.2) is 0 Å². The van der Waals surface area contributed by atoms with Gasteiger partial charge in [-0.05, 0) is 19.1 Å². The van der Waals surface area contributed by atoms with Crippen molar-refractivity contribution in [3.8, 4) is 5.75 Å². The first kappa shape index (κ1) is 18.0. The SMILES string of the molecule is C[C@@H](c1ccc(Br)cc1O)N1CCNCC1.Cl.Cl. The second kappa shape index (κ2) is 8.23. The van der Waals surface area contributed by atoms with Gasteiger partial charge in [0.05, 0.1) is 0 Å². The minimum absolute atomic E-state index is 0. The summed E-state index contributed by atoms with van der Waals surface area (Å²) in [4.78, 5) is 2.39. The van der Waals surface area contributed by atoms with E-state index in [9.17, 15) is 5.11 Å². The first-order valence-electron chi connectivity index (χ1n) is 5.61. The van der Waals surface area contributed by atoms with Gasteiger partial charge in [-0.2, -0.15) is 0 Å². The van der Waals surface area contributed by atoms with Crippen molar-refractivity contribution in [3.05, 3.63) is 28.2 Å². The fraction of sp³-hybridized carbons (Fsp3) is 0.500. The topological polar surface area (TPSA) is 35.5 Å². The van der Waals surface area contributed by atoms with Gasteiger partial charge in [0.2, 0.25) is 0 Å². The van der Waals surface area contributed by atoms with Crippen LogP contribution in [0.4, 0.5) is 0 Å². The van der Waals surface area contributed by atoms with Gasteiger partial charge < -0.3 is 10.4 Å². The fourth-order valence-electron chi connectivity index (χ4n) is 2.14. The molecule has 1 aromatic carbocycles. The number of rotatable bonds is 2. The molecular formula is C12H19BrCl2N2O. The smallest absolute Gasteiger partial charge is 0.121 e. The third-order valence-electron chi connectivity index (χ3n) is 3.14. The fourth-order valence-corrected chi connectivity index (χ4v) is 2.49. The first-order valence-corrected chi connectivity index (χ1v) is 6.41. The lowest BCUT2D eigenvalue weighted by Gasteiger charge is -2.33. The Labute approximate surface area is 129 Å². The summed E-state index contributed by atoms with van der Waals surface area (Å²) in [6.07, 6.45) is 0. The highest BCUT2D eigenvalue weighted by Crippen LogP contribution is 2.30. The van der Waals surface area contributed by atoms with Crippen LogP contribution in [-0.4, -0.2) is 36.2 Å². The molecule has 2 N–H and O–H groups in total. The number of phenols is 1. The van der Waals surface area contributed by atoms with Crippen LogP contribution in [0.1, 0.15) is 18.5 Å². The molecule has 1 aliphatic heterocycles.